The molecule has 0 aliphatic rings. The molecule has 0 atom stereocenters. The molecule has 2 aromatic rings. The number of rotatable bonds is 7. The minimum Gasteiger partial charge on any atom is -0.491 e. The van der Waals surface area contributed by atoms with Crippen molar-refractivity contribution in [3.05, 3.63) is 24.0 Å². The number of hydrogen-bond donors (Lipinski definition) is 0. The van der Waals surface area contributed by atoms with Crippen LogP contribution in [0, 0.1) is 5.92 Å². The zero-order valence-electron chi connectivity index (χ0n) is 12.5. The van der Waals surface area contributed by atoms with Gasteiger partial charge in [-0.3, -0.25) is 0 Å². The van der Waals surface area contributed by atoms with Gasteiger partial charge in [0, 0.05) is 6.54 Å². The van der Waals surface area contributed by atoms with Crippen LogP contribution in [0.5, 0.6) is 5.75 Å². The number of aromatic nitrogens is 2. The molecule has 0 amide bonds. The molecule has 0 N–H and O–H groups in total. The first-order chi connectivity index (χ1) is 9.67. The van der Waals surface area contributed by atoms with E-state index < -0.39 is 0 Å². The summed E-state index contributed by atoms with van der Waals surface area (Å²) in [5, 5.41) is 0. The van der Waals surface area contributed by atoms with Crippen molar-refractivity contribution in [1.29, 1.82) is 0 Å². The first-order valence-corrected chi connectivity index (χ1v) is 7.87. The second-order valence-corrected chi connectivity index (χ2v) is 5.74. The molecule has 4 heteroatoms. The van der Waals surface area contributed by atoms with E-state index in [1.165, 1.54) is 0 Å². The number of ether oxygens (including phenoxy) is 1. The Balaban J connectivity index is 2.40. The quantitative estimate of drug-likeness (QED) is 0.697. The van der Waals surface area contributed by atoms with Crippen LogP contribution in [-0.4, -0.2) is 16.2 Å². The Bertz CT molecular complexity index is 563. The molecule has 0 aliphatic carbocycles. The predicted octanol–water partition coefficient (Wildman–Crippen LogP) is 4.61. The Hall–Kier alpha value is -1.22. The highest BCUT2D eigenvalue weighted by atomic mass is 35.5. The topological polar surface area (TPSA) is 27.1 Å². The van der Waals surface area contributed by atoms with Gasteiger partial charge in [-0.05, 0) is 30.9 Å². The van der Waals surface area contributed by atoms with Crippen molar-refractivity contribution >= 4 is 22.6 Å². The van der Waals surface area contributed by atoms with Crippen LogP contribution in [0.1, 0.15) is 39.4 Å². The second kappa shape index (κ2) is 6.98. The summed E-state index contributed by atoms with van der Waals surface area (Å²) in [5.74, 6) is 2.88. The Labute approximate surface area is 125 Å². The first-order valence-electron chi connectivity index (χ1n) is 7.34. The maximum absolute atomic E-state index is 6.05. The lowest BCUT2D eigenvalue weighted by Crippen LogP contribution is -2.05. The van der Waals surface area contributed by atoms with Gasteiger partial charge in [-0.1, -0.05) is 26.8 Å². The summed E-state index contributed by atoms with van der Waals surface area (Å²) < 4.78 is 8.01. The van der Waals surface area contributed by atoms with Crippen molar-refractivity contribution < 1.29 is 4.74 Å². The molecule has 0 unspecified atom stereocenters. The summed E-state index contributed by atoms with van der Waals surface area (Å²) in [6, 6.07) is 6.10. The molecule has 0 radical (unpaired) electrons. The zero-order valence-corrected chi connectivity index (χ0v) is 13.3. The van der Waals surface area contributed by atoms with Crippen molar-refractivity contribution in [2.75, 3.05) is 6.61 Å². The largest absolute Gasteiger partial charge is 0.491 e. The molecule has 0 fully saturated rings. The second-order valence-electron chi connectivity index (χ2n) is 5.47. The molecule has 0 bridgehead atoms. The van der Waals surface area contributed by atoms with Gasteiger partial charge in [0.15, 0.2) is 0 Å². The lowest BCUT2D eigenvalue weighted by molar-refractivity contribution is 0.320. The van der Waals surface area contributed by atoms with Gasteiger partial charge in [0.25, 0.3) is 0 Å². The van der Waals surface area contributed by atoms with Gasteiger partial charge in [0.1, 0.15) is 17.1 Å². The van der Waals surface area contributed by atoms with Crippen LogP contribution < -0.4 is 4.74 Å². The van der Waals surface area contributed by atoms with Gasteiger partial charge >= 0.3 is 0 Å². The van der Waals surface area contributed by atoms with Crippen LogP contribution in [0.3, 0.4) is 0 Å². The molecule has 1 aromatic carbocycles. The number of para-hydroxylation sites is 1. The molecule has 110 valence electrons. The number of aryl methyl sites for hydroxylation is 1. The Morgan fingerprint density at radius 3 is 2.80 bits per heavy atom. The molecule has 0 saturated carbocycles. The van der Waals surface area contributed by atoms with E-state index in [0.717, 1.165) is 42.0 Å². The van der Waals surface area contributed by atoms with Crippen molar-refractivity contribution in [3.8, 4) is 5.75 Å². The molecule has 1 heterocycles. The van der Waals surface area contributed by atoms with E-state index in [1.807, 2.05) is 12.1 Å². The number of imidazole rings is 1. The number of hydrogen-bond acceptors (Lipinski definition) is 2. The first kappa shape index (κ1) is 15.2. The number of benzene rings is 1. The van der Waals surface area contributed by atoms with E-state index in [0.29, 0.717) is 18.4 Å². The van der Waals surface area contributed by atoms with Gasteiger partial charge in [-0.25, -0.2) is 4.98 Å². The molecule has 3 nitrogen and oxygen atoms in total. The Kier molecular flexibility index (Phi) is 5.30. The summed E-state index contributed by atoms with van der Waals surface area (Å²) in [5.41, 5.74) is 2.05. The molecule has 0 spiro atoms. The van der Waals surface area contributed by atoms with Gasteiger partial charge in [0.2, 0.25) is 0 Å². The van der Waals surface area contributed by atoms with E-state index in [2.05, 4.69) is 36.4 Å². The SMILES string of the molecule is CCCOc1cccc2c1nc(CCl)n2CCC(C)C. The van der Waals surface area contributed by atoms with Crippen LogP contribution >= 0.6 is 11.6 Å². The number of alkyl halides is 1. The molecule has 2 rings (SSSR count). The highest BCUT2D eigenvalue weighted by Gasteiger charge is 2.13. The van der Waals surface area contributed by atoms with Gasteiger partial charge in [-0.15, -0.1) is 11.6 Å². The van der Waals surface area contributed by atoms with Gasteiger partial charge < -0.3 is 9.30 Å². The summed E-state index contributed by atoms with van der Waals surface area (Å²) in [6.07, 6.45) is 2.11. The van der Waals surface area contributed by atoms with Gasteiger partial charge in [0.05, 0.1) is 18.0 Å². The average molecular weight is 295 g/mol. The standard InChI is InChI=1S/C16H23ClN2O/c1-4-10-20-14-7-5-6-13-16(14)18-15(11-17)19(13)9-8-12(2)3/h5-7,12H,4,8-11H2,1-3H3. The van der Waals surface area contributed by atoms with Crippen LogP contribution in [-0.2, 0) is 12.4 Å². The van der Waals surface area contributed by atoms with Crippen molar-refractivity contribution in [1.82, 2.24) is 9.55 Å². The predicted molar refractivity (Wildman–Crippen MR) is 84.5 cm³/mol. The lowest BCUT2D eigenvalue weighted by atomic mass is 10.1. The van der Waals surface area contributed by atoms with E-state index >= 15 is 0 Å². The number of nitrogens with zero attached hydrogens (tertiary/aromatic N) is 2. The van der Waals surface area contributed by atoms with Gasteiger partial charge in [-0.2, -0.15) is 0 Å². The van der Waals surface area contributed by atoms with Crippen molar-refractivity contribution in [2.45, 2.75) is 46.0 Å². The third kappa shape index (κ3) is 3.26. The summed E-state index contributed by atoms with van der Waals surface area (Å²) in [6.45, 7) is 8.23. The normalized spacial score (nSPS) is 11.4. The molecule has 1 aromatic heterocycles. The summed E-state index contributed by atoms with van der Waals surface area (Å²) in [7, 11) is 0. The van der Waals surface area contributed by atoms with Crippen molar-refractivity contribution in [2.24, 2.45) is 5.92 Å². The molecule has 20 heavy (non-hydrogen) atoms. The van der Waals surface area contributed by atoms with Crippen LogP contribution in [0.4, 0.5) is 0 Å². The minimum atomic E-state index is 0.431. The maximum Gasteiger partial charge on any atom is 0.147 e. The maximum atomic E-state index is 6.05. The molecule has 0 saturated heterocycles. The minimum absolute atomic E-state index is 0.431. The zero-order chi connectivity index (χ0) is 14.5. The van der Waals surface area contributed by atoms with Crippen molar-refractivity contribution in [3.63, 3.8) is 0 Å². The smallest absolute Gasteiger partial charge is 0.147 e. The number of halogens is 1. The highest BCUT2D eigenvalue weighted by molar-refractivity contribution is 6.16. The van der Waals surface area contributed by atoms with Crippen LogP contribution in [0.15, 0.2) is 18.2 Å². The Morgan fingerprint density at radius 2 is 2.15 bits per heavy atom. The molecular formula is C16H23ClN2O. The van der Waals surface area contributed by atoms with Crippen LogP contribution in [0.25, 0.3) is 11.0 Å². The highest BCUT2D eigenvalue weighted by Crippen LogP contribution is 2.27. The van der Waals surface area contributed by atoms with E-state index in [9.17, 15) is 0 Å². The fourth-order valence-electron chi connectivity index (χ4n) is 2.24. The average Bonchev–Trinajstić information content (AvgIpc) is 2.81. The van der Waals surface area contributed by atoms with E-state index in [4.69, 9.17) is 16.3 Å². The van der Waals surface area contributed by atoms with Crippen LogP contribution in [0.2, 0.25) is 0 Å². The Morgan fingerprint density at radius 1 is 1.35 bits per heavy atom. The summed E-state index contributed by atoms with van der Waals surface area (Å²) >= 11 is 6.05. The fourth-order valence-corrected chi connectivity index (χ4v) is 2.44. The number of fused-ring (bicyclic) bond motifs is 1. The molecular weight excluding hydrogens is 272 g/mol. The van der Waals surface area contributed by atoms with E-state index in [1.54, 1.807) is 0 Å². The monoisotopic (exact) mass is 294 g/mol. The third-order valence-electron chi connectivity index (χ3n) is 3.33. The third-order valence-corrected chi connectivity index (χ3v) is 3.57. The fraction of sp³-hybridized carbons (Fsp3) is 0.562. The molecule has 0 aliphatic heterocycles. The summed E-state index contributed by atoms with van der Waals surface area (Å²) in [4.78, 5) is 4.67. The lowest BCUT2D eigenvalue weighted by Gasteiger charge is -2.10. The van der Waals surface area contributed by atoms with E-state index in [-0.39, 0.29) is 0 Å².